The fraction of sp³-hybridized carbons (Fsp3) is 0.562. The molecule has 0 saturated carbocycles. The van der Waals surface area contributed by atoms with E-state index in [0.29, 0.717) is 11.6 Å². The van der Waals surface area contributed by atoms with Gasteiger partial charge < -0.3 is 15.8 Å². The van der Waals surface area contributed by atoms with Crippen LogP contribution in [-0.4, -0.2) is 24.7 Å². The maximum Gasteiger partial charge on any atom is 0.249 e. The molecule has 1 aromatic rings. The molecule has 0 aromatic heterocycles. The number of carbonyl (C=O) groups is 1. The van der Waals surface area contributed by atoms with Gasteiger partial charge in [0, 0.05) is 11.6 Å². The average Bonchev–Trinajstić information content (AvgIpc) is 2.94. The van der Waals surface area contributed by atoms with Gasteiger partial charge in [-0.25, -0.2) is 0 Å². The van der Waals surface area contributed by atoms with Gasteiger partial charge in [0.1, 0.15) is 6.10 Å². The van der Waals surface area contributed by atoms with Crippen LogP contribution in [0.3, 0.4) is 0 Å². The topological polar surface area (TPSA) is 64.4 Å². The minimum Gasteiger partial charge on any atom is -0.364 e. The van der Waals surface area contributed by atoms with Crippen LogP contribution in [0.25, 0.3) is 0 Å². The number of rotatable bonds is 5. The second-order valence-corrected chi connectivity index (χ2v) is 6.28. The van der Waals surface area contributed by atoms with E-state index < -0.39 is 0 Å². The van der Waals surface area contributed by atoms with Crippen molar-refractivity contribution in [2.24, 2.45) is 11.7 Å². The molecule has 5 heteroatoms. The molecule has 21 heavy (non-hydrogen) atoms. The second-order valence-electron chi connectivity index (χ2n) is 5.84. The van der Waals surface area contributed by atoms with Gasteiger partial charge in [0.25, 0.3) is 0 Å². The van der Waals surface area contributed by atoms with Gasteiger partial charge in [0.05, 0.1) is 12.1 Å². The van der Waals surface area contributed by atoms with E-state index >= 15 is 0 Å². The lowest BCUT2D eigenvalue weighted by Crippen LogP contribution is -2.39. The summed E-state index contributed by atoms with van der Waals surface area (Å²) in [5.41, 5.74) is 6.63. The highest BCUT2D eigenvalue weighted by atomic mass is 35.5. The van der Waals surface area contributed by atoms with E-state index in [-0.39, 0.29) is 30.1 Å². The number of carbonyl (C=O) groups excluding carboxylic acids is 1. The lowest BCUT2D eigenvalue weighted by atomic mass is 9.95. The maximum absolute atomic E-state index is 12.4. The summed E-state index contributed by atoms with van der Waals surface area (Å²) >= 11 is 5.92. The van der Waals surface area contributed by atoms with E-state index in [0.717, 1.165) is 18.4 Å². The van der Waals surface area contributed by atoms with Crippen LogP contribution in [0.5, 0.6) is 0 Å². The summed E-state index contributed by atoms with van der Waals surface area (Å²) in [7, 11) is 0. The molecule has 1 heterocycles. The molecule has 0 radical (unpaired) electrons. The number of hydrogen-bond acceptors (Lipinski definition) is 3. The Hall–Kier alpha value is -1.10. The number of nitrogens with two attached hydrogens (primary N) is 1. The Morgan fingerprint density at radius 2 is 2.05 bits per heavy atom. The van der Waals surface area contributed by atoms with Gasteiger partial charge in [-0.3, -0.25) is 4.79 Å². The van der Waals surface area contributed by atoms with E-state index in [1.165, 1.54) is 0 Å². The standard InChI is InChI=1S/C16H23ClN2O2/c1-10(2)15(11-3-5-12(17)6-4-11)19-16(20)14-8-7-13(9-18)21-14/h3-6,10,13-15H,7-9,18H2,1-2H3,(H,19,20). The molecular weight excluding hydrogens is 288 g/mol. The Balaban J connectivity index is 2.03. The van der Waals surface area contributed by atoms with Crippen LogP contribution < -0.4 is 11.1 Å². The van der Waals surface area contributed by atoms with Crippen molar-refractivity contribution in [3.63, 3.8) is 0 Å². The van der Waals surface area contributed by atoms with Crippen LogP contribution in [0.4, 0.5) is 0 Å². The third-order valence-corrected chi connectivity index (χ3v) is 4.11. The molecule has 0 spiro atoms. The van der Waals surface area contributed by atoms with E-state index in [2.05, 4.69) is 19.2 Å². The summed E-state index contributed by atoms with van der Waals surface area (Å²) < 4.78 is 5.65. The molecule has 1 saturated heterocycles. The smallest absolute Gasteiger partial charge is 0.249 e. The Morgan fingerprint density at radius 1 is 1.38 bits per heavy atom. The zero-order valence-corrected chi connectivity index (χ0v) is 13.3. The van der Waals surface area contributed by atoms with E-state index in [1.54, 1.807) is 0 Å². The third-order valence-electron chi connectivity index (χ3n) is 3.86. The van der Waals surface area contributed by atoms with Crippen molar-refractivity contribution in [1.82, 2.24) is 5.32 Å². The molecule has 1 amide bonds. The molecule has 1 aliphatic rings. The SMILES string of the molecule is CC(C)C(NC(=O)C1CCC(CN)O1)c1ccc(Cl)cc1. The van der Waals surface area contributed by atoms with Gasteiger partial charge in [0.15, 0.2) is 0 Å². The number of ether oxygens (including phenoxy) is 1. The van der Waals surface area contributed by atoms with Crippen molar-refractivity contribution in [2.45, 2.75) is 44.9 Å². The maximum atomic E-state index is 12.4. The Kier molecular flexibility index (Phi) is 5.62. The molecule has 0 aliphatic carbocycles. The lowest BCUT2D eigenvalue weighted by molar-refractivity contribution is -0.133. The summed E-state index contributed by atoms with van der Waals surface area (Å²) in [5, 5.41) is 3.78. The van der Waals surface area contributed by atoms with Crippen molar-refractivity contribution in [3.8, 4) is 0 Å². The number of amides is 1. The molecule has 3 atom stereocenters. The summed E-state index contributed by atoms with van der Waals surface area (Å²) in [5.74, 6) is 0.224. The van der Waals surface area contributed by atoms with Gasteiger partial charge in [0.2, 0.25) is 5.91 Å². The minimum atomic E-state index is -0.382. The van der Waals surface area contributed by atoms with Crippen molar-refractivity contribution in [3.05, 3.63) is 34.9 Å². The summed E-state index contributed by atoms with van der Waals surface area (Å²) in [6.45, 7) is 4.63. The van der Waals surface area contributed by atoms with Gasteiger partial charge in [-0.2, -0.15) is 0 Å². The third kappa shape index (κ3) is 4.19. The molecule has 3 N–H and O–H groups in total. The van der Waals surface area contributed by atoms with Crippen LogP contribution >= 0.6 is 11.6 Å². The number of nitrogens with one attached hydrogen (secondary N) is 1. The summed E-state index contributed by atoms with van der Waals surface area (Å²) in [6.07, 6.45) is 1.21. The van der Waals surface area contributed by atoms with Gasteiger partial charge in [-0.05, 0) is 36.5 Å². The zero-order valence-electron chi connectivity index (χ0n) is 12.5. The molecular formula is C16H23ClN2O2. The predicted molar refractivity (Wildman–Crippen MR) is 84.1 cm³/mol. The predicted octanol–water partition coefficient (Wildman–Crippen LogP) is 2.66. The normalized spacial score (nSPS) is 23.3. The highest BCUT2D eigenvalue weighted by Gasteiger charge is 2.31. The second kappa shape index (κ2) is 7.25. The molecule has 1 aromatic carbocycles. The molecule has 4 nitrogen and oxygen atoms in total. The van der Waals surface area contributed by atoms with E-state index in [9.17, 15) is 4.79 Å². The molecule has 1 aliphatic heterocycles. The van der Waals surface area contributed by atoms with Gasteiger partial charge >= 0.3 is 0 Å². The molecule has 116 valence electrons. The summed E-state index contributed by atoms with van der Waals surface area (Å²) in [4.78, 5) is 12.4. The van der Waals surface area contributed by atoms with Crippen LogP contribution in [0.15, 0.2) is 24.3 Å². The highest BCUT2D eigenvalue weighted by molar-refractivity contribution is 6.30. The van der Waals surface area contributed by atoms with Crippen LogP contribution in [0.1, 0.15) is 38.3 Å². The van der Waals surface area contributed by atoms with Crippen molar-refractivity contribution >= 4 is 17.5 Å². The van der Waals surface area contributed by atoms with Gasteiger partial charge in [-0.15, -0.1) is 0 Å². The fourth-order valence-corrected chi connectivity index (χ4v) is 2.75. The first-order chi connectivity index (χ1) is 10.0. The van der Waals surface area contributed by atoms with Crippen molar-refractivity contribution in [1.29, 1.82) is 0 Å². The molecule has 3 unspecified atom stereocenters. The van der Waals surface area contributed by atoms with Gasteiger partial charge in [-0.1, -0.05) is 37.6 Å². The molecule has 1 fully saturated rings. The Labute approximate surface area is 131 Å². The molecule has 0 bridgehead atoms. The first-order valence-electron chi connectivity index (χ1n) is 7.42. The first-order valence-corrected chi connectivity index (χ1v) is 7.80. The monoisotopic (exact) mass is 310 g/mol. The first kappa shape index (κ1) is 16.3. The lowest BCUT2D eigenvalue weighted by Gasteiger charge is -2.24. The largest absolute Gasteiger partial charge is 0.364 e. The van der Waals surface area contributed by atoms with Crippen molar-refractivity contribution < 1.29 is 9.53 Å². The minimum absolute atomic E-state index is 0.00813. The zero-order chi connectivity index (χ0) is 15.4. The fourth-order valence-electron chi connectivity index (χ4n) is 2.62. The Bertz CT molecular complexity index is 476. The highest BCUT2D eigenvalue weighted by Crippen LogP contribution is 2.25. The van der Waals surface area contributed by atoms with E-state index in [4.69, 9.17) is 22.1 Å². The van der Waals surface area contributed by atoms with Crippen LogP contribution in [0, 0.1) is 5.92 Å². The quantitative estimate of drug-likeness (QED) is 0.879. The van der Waals surface area contributed by atoms with Crippen molar-refractivity contribution in [2.75, 3.05) is 6.54 Å². The Morgan fingerprint density at radius 3 is 2.57 bits per heavy atom. The number of benzene rings is 1. The van der Waals surface area contributed by atoms with Crippen LogP contribution in [-0.2, 0) is 9.53 Å². The average molecular weight is 311 g/mol. The number of halogens is 1. The van der Waals surface area contributed by atoms with Crippen LogP contribution in [0.2, 0.25) is 5.02 Å². The van der Waals surface area contributed by atoms with E-state index in [1.807, 2.05) is 24.3 Å². The number of hydrogen-bond donors (Lipinski definition) is 2. The summed E-state index contributed by atoms with van der Waals surface area (Å²) in [6, 6.07) is 7.54. The molecule has 2 rings (SSSR count).